The van der Waals surface area contributed by atoms with Gasteiger partial charge in [-0.3, -0.25) is 10.1 Å². The van der Waals surface area contributed by atoms with Crippen LogP contribution >= 0.6 is 0 Å². The highest BCUT2D eigenvalue weighted by molar-refractivity contribution is 5.40. The highest BCUT2D eigenvalue weighted by Crippen LogP contribution is 2.23. The number of hydrogen-bond donors (Lipinski definition) is 1. The Balaban J connectivity index is 2.24. The third kappa shape index (κ3) is 2.12. The van der Waals surface area contributed by atoms with Gasteiger partial charge in [-0.15, -0.1) is 0 Å². The second-order valence-corrected chi connectivity index (χ2v) is 3.76. The van der Waals surface area contributed by atoms with Gasteiger partial charge in [0.25, 0.3) is 5.69 Å². The fraction of sp³-hybridized carbons (Fsp3) is 0.400. The Hall–Kier alpha value is -1.49. The number of rotatable bonds is 3. The first-order valence-corrected chi connectivity index (χ1v) is 4.80. The first-order valence-electron chi connectivity index (χ1n) is 4.80. The highest BCUT2D eigenvalue weighted by Gasteiger charge is 2.22. The van der Waals surface area contributed by atoms with E-state index in [9.17, 15) is 14.5 Å². The molecule has 0 unspecified atom stereocenters. The zero-order chi connectivity index (χ0) is 10.8. The van der Waals surface area contributed by atoms with Crippen LogP contribution in [0.15, 0.2) is 18.2 Å². The van der Waals surface area contributed by atoms with Gasteiger partial charge in [-0.05, 0) is 37.6 Å². The first-order chi connectivity index (χ1) is 7.16. The molecule has 0 amide bonds. The monoisotopic (exact) mass is 210 g/mol. The Bertz CT molecular complexity index is 391. The van der Waals surface area contributed by atoms with Gasteiger partial charge in [0.05, 0.1) is 4.92 Å². The van der Waals surface area contributed by atoms with Gasteiger partial charge >= 0.3 is 0 Å². The molecule has 1 aliphatic rings. The van der Waals surface area contributed by atoms with Gasteiger partial charge in [0.1, 0.15) is 5.82 Å². The molecule has 1 heterocycles. The molecule has 1 aromatic carbocycles. The number of benzene rings is 1. The Morgan fingerprint density at radius 2 is 2.27 bits per heavy atom. The molecule has 2 rings (SSSR count). The molecule has 5 heteroatoms. The van der Waals surface area contributed by atoms with Gasteiger partial charge in [-0.1, -0.05) is 0 Å². The Morgan fingerprint density at radius 1 is 1.53 bits per heavy atom. The van der Waals surface area contributed by atoms with E-state index in [-0.39, 0.29) is 5.69 Å². The van der Waals surface area contributed by atoms with E-state index < -0.39 is 10.7 Å². The van der Waals surface area contributed by atoms with Gasteiger partial charge in [0, 0.05) is 11.6 Å². The summed E-state index contributed by atoms with van der Waals surface area (Å²) in [6, 6.07) is 3.62. The van der Waals surface area contributed by atoms with Crippen LogP contribution in [-0.2, 0) is 6.42 Å². The smallest absolute Gasteiger partial charge is 0.272 e. The number of nitrogens with zero attached hydrogens (tertiary/aromatic N) is 1. The average molecular weight is 210 g/mol. The van der Waals surface area contributed by atoms with Crippen molar-refractivity contribution < 1.29 is 9.31 Å². The van der Waals surface area contributed by atoms with Gasteiger partial charge in [-0.25, -0.2) is 4.39 Å². The molecule has 1 fully saturated rings. The molecular weight excluding hydrogens is 199 g/mol. The van der Waals surface area contributed by atoms with Crippen molar-refractivity contribution in [3.05, 3.63) is 39.7 Å². The van der Waals surface area contributed by atoms with Crippen LogP contribution in [0, 0.1) is 21.8 Å². The van der Waals surface area contributed by atoms with Crippen molar-refractivity contribution in [2.75, 3.05) is 13.1 Å². The van der Waals surface area contributed by atoms with E-state index in [4.69, 9.17) is 0 Å². The topological polar surface area (TPSA) is 55.2 Å². The number of hydrogen-bond acceptors (Lipinski definition) is 3. The standard InChI is InChI=1S/C10H11FN2O2/c11-9-1-2-10(13(14)15)8(4-9)3-7-5-12-6-7/h1-2,4,7,12H,3,5-6H2. The van der Waals surface area contributed by atoms with E-state index in [0.29, 0.717) is 17.9 Å². The zero-order valence-corrected chi connectivity index (χ0v) is 8.07. The van der Waals surface area contributed by atoms with Crippen LogP contribution in [0.5, 0.6) is 0 Å². The SMILES string of the molecule is O=[N+]([O-])c1ccc(F)cc1CC1CNC1. The summed E-state index contributed by atoms with van der Waals surface area (Å²) >= 11 is 0. The molecule has 15 heavy (non-hydrogen) atoms. The molecule has 80 valence electrons. The summed E-state index contributed by atoms with van der Waals surface area (Å²) in [4.78, 5) is 10.2. The maximum Gasteiger partial charge on any atom is 0.272 e. The summed E-state index contributed by atoms with van der Waals surface area (Å²) in [5.74, 6) is -0.0200. The molecule has 1 aliphatic heterocycles. The molecule has 0 atom stereocenters. The molecule has 0 radical (unpaired) electrons. The Labute approximate surface area is 86.3 Å². The minimum absolute atomic E-state index is 0.0169. The molecule has 0 aliphatic carbocycles. The lowest BCUT2D eigenvalue weighted by molar-refractivity contribution is -0.385. The molecule has 4 nitrogen and oxygen atoms in total. The molecule has 0 spiro atoms. The summed E-state index contributed by atoms with van der Waals surface area (Å²) in [5.41, 5.74) is 0.509. The number of nitro groups is 1. The van der Waals surface area contributed by atoms with Gasteiger partial charge in [-0.2, -0.15) is 0 Å². The first kappa shape index (κ1) is 10.0. The van der Waals surface area contributed by atoms with E-state index in [1.165, 1.54) is 12.1 Å². The Kier molecular flexibility index (Phi) is 2.64. The van der Waals surface area contributed by atoms with Crippen LogP contribution in [0.3, 0.4) is 0 Å². The summed E-state index contributed by atoms with van der Waals surface area (Å²) in [7, 11) is 0. The summed E-state index contributed by atoms with van der Waals surface area (Å²) in [6.45, 7) is 1.71. The van der Waals surface area contributed by atoms with E-state index in [1.807, 2.05) is 0 Å². The van der Waals surface area contributed by atoms with Gasteiger partial charge in [0.15, 0.2) is 0 Å². The average Bonchev–Trinajstić information content (AvgIpc) is 2.11. The molecule has 1 saturated heterocycles. The van der Waals surface area contributed by atoms with E-state index in [0.717, 1.165) is 19.2 Å². The van der Waals surface area contributed by atoms with Crippen molar-refractivity contribution >= 4 is 5.69 Å². The van der Waals surface area contributed by atoms with Crippen LogP contribution in [-0.4, -0.2) is 18.0 Å². The maximum atomic E-state index is 12.9. The summed E-state index contributed by atoms with van der Waals surface area (Å²) < 4.78 is 12.9. The fourth-order valence-corrected chi connectivity index (χ4v) is 1.70. The third-order valence-electron chi connectivity index (χ3n) is 2.61. The maximum absolute atomic E-state index is 12.9. The molecule has 1 aromatic rings. The third-order valence-corrected chi connectivity index (χ3v) is 2.61. The van der Waals surface area contributed by atoms with Crippen molar-refractivity contribution in [3.63, 3.8) is 0 Å². The van der Waals surface area contributed by atoms with Gasteiger partial charge < -0.3 is 5.32 Å². The van der Waals surface area contributed by atoms with Crippen LogP contribution in [0.1, 0.15) is 5.56 Å². The molecule has 0 aromatic heterocycles. The van der Waals surface area contributed by atoms with E-state index in [1.54, 1.807) is 0 Å². The predicted molar refractivity (Wildman–Crippen MR) is 53.1 cm³/mol. The number of halogens is 1. The molecule has 0 bridgehead atoms. The largest absolute Gasteiger partial charge is 0.316 e. The Morgan fingerprint density at radius 3 is 2.80 bits per heavy atom. The lowest BCUT2D eigenvalue weighted by Crippen LogP contribution is -2.43. The van der Waals surface area contributed by atoms with Crippen LogP contribution in [0.25, 0.3) is 0 Å². The molecule has 1 N–H and O–H groups in total. The van der Waals surface area contributed by atoms with Crippen molar-refractivity contribution in [2.24, 2.45) is 5.92 Å². The minimum atomic E-state index is -0.457. The predicted octanol–water partition coefficient (Wildman–Crippen LogP) is 1.50. The van der Waals surface area contributed by atoms with Crippen molar-refractivity contribution in [1.82, 2.24) is 5.32 Å². The second-order valence-electron chi connectivity index (χ2n) is 3.76. The highest BCUT2D eigenvalue weighted by atomic mass is 19.1. The summed E-state index contributed by atoms with van der Waals surface area (Å²) in [6.07, 6.45) is 0.571. The zero-order valence-electron chi connectivity index (χ0n) is 8.07. The quantitative estimate of drug-likeness (QED) is 0.607. The lowest BCUT2D eigenvalue weighted by atomic mass is 9.93. The van der Waals surface area contributed by atoms with E-state index >= 15 is 0 Å². The van der Waals surface area contributed by atoms with Crippen LogP contribution in [0.4, 0.5) is 10.1 Å². The normalized spacial score (nSPS) is 16.1. The van der Waals surface area contributed by atoms with Crippen molar-refractivity contribution in [2.45, 2.75) is 6.42 Å². The van der Waals surface area contributed by atoms with Crippen LogP contribution in [0.2, 0.25) is 0 Å². The molecule has 0 saturated carbocycles. The second kappa shape index (κ2) is 3.94. The summed E-state index contributed by atoms with van der Waals surface area (Å²) in [5, 5.41) is 13.8. The molecular formula is C10H11FN2O2. The number of nitrogens with one attached hydrogen (secondary N) is 1. The minimum Gasteiger partial charge on any atom is -0.316 e. The fourth-order valence-electron chi connectivity index (χ4n) is 1.70. The van der Waals surface area contributed by atoms with Gasteiger partial charge in [0.2, 0.25) is 0 Å². The van der Waals surface area contributed by atoms with Crippen molar-refractivity contribution in [1.29, 1.82) is 0 Å². The lowest BCUT2D eigenvalue weighted by Gasteiger charge is -2.26. The number of nitro benzene ring substituents is 1. The van der Waals surface area contributed by atoms with Crippen LogP contribution < -0.4 is 5.32 Å². The van der Waals surface area contributed by atoms with E-state index in [2.05, 4.69) is 5.32 Å². The van der Waals surface area contributed by atoms with Crippen molar-refractivity contribution in [3.8, 4) is 0 Å².